The molecule has 2 aliphatic rings. The highest BCUT2D eigenvalue weighted by Crippen LogP contribution is 2.47. The Morgan fingerprint density at radius 3 is 3.00 bits per heavy atom. The fraction of sp³-hybridized carbons (Fsp3) is 0.471. The van der Waals surface area contributed by atoms with Gasteiger partial charge in [0.15, 0.2) is 11.5 Å². The van der Waals surface area contributed by atoms with E-state index in [9.17, 15) is 0 Å². The van der Waals surface area contributed by atoms with Gasteiger partial charge >= 0.3 is 0 Å². The summed E-state index contributed by atoms with van der Waals surface area (Å²) in [5.74, 6) is 2.37. The molecular formula is C17H22N3O3+. The highest BCUT2D eigenvalue weighted by molar-refractivity contribution is 5.61. The van der Waals surface area contributed by atoms with Gasteiger partial charge in [-0.25, -0.2) is 0 Å². The first-order valence-electron chi connectivity index (χ1n) is 8.00. The zero-order chi connectivity index (χ0) is 16.0. The van der Waals surface area contributed by atoms with Crippen LogP contribution < -0.4 is 19.1 Å². The lowest BCUT2D eigenvalue weighted by Gasteiger charge is -2.32. The molecule has 1 aromatic heterocycles. The highest BCUT2D eigenvalue weighted by Gasteiger charge is 2.36. The number of likely N-dealkylation sites (N-methyl/N-ethyl adjacent to an activating group) is 1. The van der Waals surface area contributed by atoms with E-state index in [2.05, 4.69) is 29.4 Å². The van der Waals surface area contributed by atoms with Gasteiger partial charge in [-0.15, -0.1) is 0 Å². The van der Waals surface area contributed by atoms with Gasteiger partial charge in [-0.1, -0.05) is 0 Å². The van der Waals surface area contributed by atoms with Crippen LogP contribution in [0.1, 0.15) is 28.6 Å². The number of aromatic nitrogens is 2. The van der Waals surface area contributed by atoms with Crippen LogP contribution in [0.4, 0.5) is 0 Å². The maximum absolute atomic E-state index is 5.73. The van der Waals surface area contributed by atoms with E-state index in [-0.39, 0.29) is 6.79 Å². The van der Waals surface area contributed by atoms with Gasteiger partial charge < -0.3 is 19.1 Å². The minimum atomic E-state index is 0.264. The fourth-order valence-corrected chi connectivity index (χ4v) is 3.69. The van der Waals surface area contributed by atoms with Gasteiger partial charge in [0.05, 0.1) is 32.0 Å². The predicted octanol–water partition coefficient (Wildman–Crippen LogP) is 0.810. The average molecular weight is 316 g/mol. The van der Waals surface area contributed by atoms with Crippen LogP contribution >= 0.6 is 0 Å². The van der Waals surface area contributed by atoms with Crippen molar-refractivity contribution < 1.29 is 19.1 Å². The first-order valence-corrected chi connectivity index (χ1v) is 8.00. The predicted molar refractivity (Wildman–Crippen MR) is 84.3 cm³/mol. The van der Waals surface area contributed by atoms with E-state index in [4.69, 9.17) is 14.2 Å². The Morgan fingerprint density at radius 2 is 2.26 bits per heavy atom. The molecule has 0 saturated carbocycles. The molecule has 0 fully saturated rings. The van der Waals surface area contributed by atoms with Gasteiger partial charge in [0.1, 0.15) is 6.04 Å². The summed E-state index contributed by atoms with van der Waals surface area (Å²) >= 11 is 0. The molecule has 1 unspecified atom stereocenters. The number of methoxy groups -OCH3 is 1. The molecular weight excluding hydrogens is 294 g/mol. The number of hydrogen-bond acceptors (Lipinski definition) is 4. The van der Waals surface area contributed by atoms with Gasteiger partial charge in [-0.2, -0.15) is 5.10 Å². The van der Waals surface area contributed by atoms with E-state index in [0.29, 0.717) is 6.04 Å². The fourth-order valence-electron chi connectivity index (χ4n) is 3.69. The number of aromatic amines is 1. The van der Waals surface area contributed by atoms with Gasteiger partial charge in [0.25, 0.3) is 0 Å². The molecule has 0 spiro atoms. The Morgan fingerprint density at radius 1 is 1.39 bits per heavy atom. The third kappa shape index (κ3) is 2.34. The third-order valence-electron chi connectivity index (χ3n) is 4.85. The summed E-state index contributed by atoms with van der Waals surface area (Å²) in [5, 5.41) is 7.44. The summed E-state index contributed by atoms with van der Waals surface area (Å²) < 4.78 is 16.9. The lowest BCUT2D eigenvalue weighted by molar-refractivity contribution is -0.914. The molecule has 4 rings (SSSR count). The number of benzene rings is 1. The van der Waals surface area contributed by atoms with E-state index in [1.54, 1.807) is 7.11 Å². The van der Waals surface area contributed by atoms with Crippen molar-refractivity contribution in [3.63, 3.8) is 0 Å². The van der Waals surface area contributed by atoms with Gasteiger partial charge in [-0.05, 0) is 24.6 Å². The van der Waals surface area contributed by atoms with Crippen molar-refractivity contribution in [3.05, 3.63) is 34.6 Å². The summed E-state index contributed by atoms with van der Waals surface area (Å²) in [6.07, 6.45) is 1.89. The molecule has 2 atom stereocenters. The summed E-state index contributed by atoms with van der Waals surface area (Å²) in [6.45, 7) is 3.38. The van der Waals surface area contributed by atoms with Crippen molar-refractivity contribution in [3.8, 4) is 17.2 Å². The number of fused-ring (bicyclic) bond motifs is 2. The SMILES string of the molecule is COc1c2c(cc3c1[C@H](Cc1cc(C)[nH]n1)[NH+](C)CC3)OCO2. The van der Waals surface area contributed by atoms with Crippen LogP contribution in [0, 0.1) is 6.92 Å². The molecule has 0 aliphatic carbocycles. The van der Waals surface area contributed by atoms with Crippen LogP contribution in [-0.4, -0.2) is 37.7 Å². The quantitative estimate of drug-likeness (QED) is 0.880. The number of ether oxygens (including phenoxy) is 3. The molecule has 0 radical (unpaired) electrons. The Kier molecular flexibility index (Phi) is 3.41. The van der Waals surface area contributed by atoms with E-state index in [1.165, 1.54) is 16.0 Å². The minimum Gasteiger partial charge on any atom is -0.492 e. The number of aryl methyl sites for hydroxylation is 1. The minimum absolute atomic E-state index is 0.264. The van der Waals surface area contributed by atoms with Gasteiger partial charge in [-0.3, -0.25) is 5.10 Å². The molecule has 0 saturated heterocycles. The lowest BCUT2D eigenvalue weighted by Crippen LogP contribution is -3.10. The average Bonchev–Trinajstić information content (AvgIpc) is 3.16. The van der Waals surface area contributed by atoms with E-state index in [1.807, 2.05) is 6.92 Å². The molecule has 2 aromatic rings. The smallest absolute Gasteiger partial charge is 0.231 e. The number of nitrogens with zero attached hydrogens (tertiary/aromatic N) is 1. The monoisotopic (exact) mass is 316 g/mol. The normalized spacial score (nSPS) is 22.0. The second-order valence-corrected chi connectivity index (χ2v) is 6.36. The summed E-state index contributed by atoms with van der Waals surface area (Å²) in [4.78, 5) is 1.47. The van der Waals surface area contributed by atoms with Gasteiger partial charge in [0.2, 0.25) is 12.5 Å². The van der Waals surface area contributed by atoms with E-state index < -0.39 is 0 Å². The molecule has 0 amide bonds. The number of hydrogen-bond donors (Lipinski definition) is 2. The zero-order valence-electron chi connectivity index (χ0n) is 13.7. The highest BCUT2D eigenvalue weighted by atomic mass is 16.7. The van der Waals surface area contributed by atoms with Gasteiger partial charge in [0, 0.05) is 18.5 Å². The number of quaternary nitrogens is 1. The summed E-state index contributed by atoms with van der Waals surface area (Å²) in [6, 6.07) is 4.53. The topological polar surface area (TPSA) is 60.8 Å². The Balaban J connectivity index is 1.80. The first kappa shape index (κ1) is 14.4. The maximum atomic E-state index is 5.73. The van der Waals surface area contributed by atoms with Crippen LogP contribution in [0.2, 0.25) is 0 Å². The number of nitrogens with one attached hydrogen (secondary N) is 2. The third-order valence-corrected chi connectivity index (χ3v) is 4.85. The van der Waals surface area contributed by atoms with Crippen LogP contribution in [0.5, 0.6) is 17.2 Å². The van der Waals surface area contributed by atoms with Crippen molar-refractivity contribution >= 4 is 0 Å². The molecule has 6 nitrogen and oxygen atoms in total. The number of rotatable bonds is 3. The Hall–Kier alpha value is -2.21. The molecule has 3 heterocycles. The van der Waals surface area contributed by atoms with Crippen LogP contribution in [-0.2, 0) is 12.8 Å². The maximum Gasteiger partial charge on any atom is 0.231 e. The lowest BCUT2D eigenvalue weighted by atomic mass is 9.88. The number of H-pyrrole nitrogens is 1. The van der Waals surface area contributed by atoms with Crippen molar-refractivity contribution in [2.24, 2.45) is 0 Å². The van der Waals surface area contributed by atoms with E-state index in [0.717, 1.165) is 48.0 Å². The van der Waals surface area contributed by atoms with Crippen molar-refractivity contribution in [1.82, 2.24) is 10.2 Å². The molecule has 23 heavy (non-hydrogen) atoms. The molecule has 1 aromatic carbocycles. The largest absolute Gasteiger partial charge is 0.492 e. The van der Waals surface area contributed by atoms with Crippen molar-refractivity contribution in [1.29, 1.82) is 0 Å². The van der Waals surface area contributed by atoms with Crippen molar-refractivity contribution in [2.45, 2.75) is 25.8 Å². The van der Waals surface area contributed by atoms with Crippen LogP contribution in [0.15, 0.2) is 12.1 Å². The summed E-state index contributed by atoms with van der Waals surface area (Å²) in [5.41, 5.74) is 4.71. The summed E-state index contributed by atoms with van der Waals surface area (Å²) in [7, 11) is 3.94. The second-order valence-electron chi connectivity index (χ2n) is 6.36. The van der Waals surface area contributed by atoms with Crippen molar-refractivity contribution in [2.75, 3.05) is 27.5 Å². The van der Waals surface area contributed by atoms with Crippen LogP contribution in [0.25, 0.3) is 0 Å². The van der Waals surface area contributed by atoms with E-state index >= 15 is 0 Å². The Labute approximate surface area is 135 Å². The van der Waals surface area contributed by atoms with Crippen LogP contribution in [0.3, 0.4) is 0 Å². The molecule has 6 heteroatoms. The zero-order valence-corrected chi connectivity index (χ0v) is 13.7. The molecule has 2 N–H and O–H groups in total. The standard InChI is InChI=1S/C17H21N3O3/c1-10-6-12(19-18-10)8-13-15-11(4-5-20(13)2)7-14-16(17(15)21-3)23-9-22-14/h6-7,13H,4-5,8-9H2,1-3H3,(H,18,19)/p+1/t13-/m0/s1. The first-order chi connectivity index (χ1) is 11.2. The molecule has 2 aliphatic heterocycles. The molecule has 122 valence electrons. The Bertz CT molecular complexity index is 741. The second kappa shape index (κ2) is 5.45. The molecule has 0 bridgehead atoms.